The Hall–Kier alpha value is -2.54. The Kier molecular flexibility index (Phi) is 3.96. The molecule has 0 aliphatic carbocycles. The van der Waals surface area contributed by atoms with Crippen LogP contribution in [0.1, 0.15) is 6.42 Å². The molecule has 2 N–H and O–H groups in total. The highest BCUT2D eigenvalue weighted by atomic mass is 35.5. The number of carboxylic acids is 1. The number of nitrogens with zero attached hydrogens (tertiary/aromatic N) is 2. The average molecular weight is 337 g/mol. The van der Waals surface area contributed by atoms with Gasteiger partial charge in [-0.25, -0.2) is 14.6 Å². The van der Waals surface area contributed by atoms with Crippen molar-refractivity contribution >= 4 is 34.4 Å². The largest absolute Gasteiger partial charge is 0.480 e. The minimum Gasteiger partial charge on any atom is -0.480 e. The number of ether oxygens (including phenoxy) is 1. The van der Waals surface area contributed by atoms with E-state index >= 15 is 0 Å². The maximum atomic E-state index is 11.2. The molecule has 120 valence electrons. The zero-order valence-corrected chi connectivity index (χ0v) is 12.6. The van der Waals surface area contributed by atoms with Crippen molar-refractivity contribution in [2.24, 2.45) is 0 Å². The monoisotopic (exact) mass is 336 g/mol. The van der Waals surface area contributed by atoms with Gasteiger partial charge in [0.25, 0.3) is 0 Å². The number of benzene rings is 1. The molecule has 1 aromatic heterocycles. The Bertz CT molecular complexity index is 760. The molecule has 2 unspecified atom stereocenters. The topological polar surface area (TPSA) is 100.0 Å². The van der Waals surface area contributed by atoms with E-state index in [9.17, 15) is 9.59 Å². The van der Waals surface area contributed by atoms with Gasteiger partial charge in [-0.05, 0) is 18.2 Å². The first-order valence-electron chi connectivity index (χ1n) is 6.89. The molecule has 1 fully saturated rings. The zero-order chi connectivity index (χ0) is 16.6. The number of hydrogen-bond donors (Lipinski definition) is 2. The highest BCUT2D eigenvalue weighted by molar-refractivity contribution is 6.35. The van der Waals surface area contributed by atoms with Crippen LogP contribution in [0, 0.1) is 0 Å². The Balaban J connectivity index is 1.87. The van der Waals surface area contributed by atoms with Crippen LogP contribution in [0.5, 0.6) is 5.88 Å². The van der Waals surface area contributed by atoms with E-state index in [-0.39, 0.29) is 13.0 Å². The second kappa shape index (κ2) is 5.92. The number of pyridine rings is 1. The molecule has 0 saturated carbocycles. The molecule has 3 rings (SSSR count). The number of fused-ring (bicyclic) bond motifs is 1. The summed E-state index contributed by atoms with van der Waals surface area (Å²) in [5, 5.41) is 20.2. The average Bonchev–Trinajstić information content (AvgIpc) is 2.93. The molecule has 1 saturated heterocycles. The molecule has 1 aromatic carbocycles. The van der Waals surface area contributed by atoms with Gasteiger partial charge >= 0.3 is 12.1 Å². The summed E-state index contributed by atoms with van der Waals surface area (Å²) in [6.45, 7) is -0.0229. The summed E-state index contributed by atoms with van der Waals surface area (Å²) in [7, 11) is 0. The Morgan fingerprint density at radius 1 is 1.26 bits per heavy atom. The number of aromatic nitrogens is 1. The second-order valence-electron chi connectivity index (χ2n) is 5.22. The summed E-state index contributed by atoms with van der Waals surface area (Å²) in [6.07, 6.45) is -0.246. The zero-order valence-electron chi connectivity index (χ0n) is 11.8. The van der Waals surface area contributed by atoms with Crippen LogP contribution in [0.2, 0.25) is 5.02 Å². The van der Waals surface area contributed by atoms with Crippen LogP contribution in [0.3, 0.4) is 0 Å². The number of carboxylic acid groups (broad SMARTS) is 2. The van der Waals surface area contributed by atoms with Gasteiger partial charge in [-0.2, -0.15) is 0 Å². The van der Waals surface area contributed by atoms with Gasteiger partial charge in [-0.1, -0.05) is 17.7 Å². The van der Waals surface area contributed by atoms with E-state index in [0.717, 1.165) is 10.3 Å². The van der Waals surface area contributed by atoms with Gasteiger partial charge in [0.1, 0.15) is 12.1 Å². The summed E-state index contributed by atoms with van der Waals surface area (Å²) in [5.74, 6) is -0.876. The van der Waals surface area contributed by atoms with Crippen LogP contribution in [-0.2, 0) is 4.79 Å². The Labute approximate surface area is 136 Å². The molecule has 0 spiro atoms. The molecule has 0 bridgehead atoms. The summed E-state index contributed by atoms with van der Waals surface area (Å²) in [5.41, 5.74) is 0. The van der Waals surface area contributed by atoms with Gasteiger partial charge < -0.3 is 14.9 Å². The normalized spacial score (nSPS) is 20.7. The summed E-state index contributed by atoms with van der Waals surface area (Å²) in [4.78, 5) is 27.3. The van der Waals surface area contributed by atoms with Crippen LogP contribution in [-0.4, -0.2) is 50.9 Å². The van der Waals surface area contributed by atoms with Crippen molar-refractivity contribution in [3.8, 4) is 5.88 Å². The lowest BCUT2D eigenvalue weighted by Crippen LogP contribution is -2.39. The Morgan fingerprint density at radius 3 is 2.70 bits per heavy atom. The molecular formula is C15H13ClN2O5. The van der Waals surface area contributed by atoms with E-state index in [1.807, 2.05) is 0 Å². The Morgan fingerprint density at radius 2 is 2.04 bits per heavy atom. The van der Waals surface area contributed by atoms with Crippen molar-refractivity contribution < 1.29 is 24.5 Å². The maximum absolute atomic E-state index is 11.2. The summed E-state index contributed by atoms with van der Waals surface area (Å²) < 4.78 is 5.77. The number of carbonyl (C=O) groups is 2. The lowest BCUT2D eigenvalue weighted by atomic mass is 10.1. The van der Waals surface area contributed by atoms with Gasteiger partial charge in [0.15, 0.2) is 0 Å². The van der Waals surface area contributed by atoms with Gasteiger partial charge in [-0.3, -0.25) is 4.90 Å². The molecule has 1 aliphatic rings. The molecule has 2 aromatic rings. The molecule has 2 atom stereocenters. The third-order valence-electron chi connectivity index (χ3n) is 3.79. The summed E-state index contributed by atoms with van der Waals surface area (Å²) >= 11 is 6.13. The van der Waals surface area contributed by atoms with E-state index in [0.29, 0.717) is 16.3 Å². The number of halogens is 1. The standard InChI is InChI=1S/C15H13ClN2O5/c16-11-3-1-2-10-9(11)4-5-17-13(10)23-8-6-12(14(19)20)18(7-8)15(21)22/h1-5,8,12H,6-7H2,(H,19,20)(H,21,22). The lowest BCUT2D eigenvalue weighted by Gasteiger charge is -2.16. The van der Waals surface area contributed by atoms with Gasteiger partial charge in [0.05, 0.1) is 6.54 Å². The first-order chi connectivity index (χ1) is 11.0. The molecule has 2 heterocycles. The number of aliphatic carboxylic acids is 1. The first-order valence-corrected chi connectivity index (χ1v) is 7.27. The van der Waals surface area contributed by atoms with E-state index in [4.69, 9.17) is 26.6 Å². The predicted octanol–water partition coefficient (Wildman–Crippen LogP) is 2.47. The van der Waals surface area contributed by atoms with E-state index < -0.39 is 24.2 Å². The van der Waals surface area contributed by atoms with Crippen molar-refractivity contribution in [3.05, 3.63) is 35.5 Å². The fourth-order valence-corrected chi connectivity index (χ4v) is 2.96. The molecule has 23 heavy (non-hydrogen) atoms. The van der Waals surface area contributed by atoms with E-state index in [2.05, 4.69) is 4.98 Å². The quantitative estimate of drug-likeness (QED) is 0.893. The van der Waals surface area contributed by atoms with Crippen molar-refractivity contribution in [2.75, 3.05) is 6.54 Å². The third-order valence-corrected chi connectivity index (χ3v) is 4.12. The fourth-order valence-electron chi connectivity index (χ4n) is 2.72. The number of amides is 1. The van der Waals surface area contributed by atoms with Gasteiger partial charge in [-0.15, -0.1) is 0 Å². The van der Waals surface area contributed by atoms with Crippen LogP contribution < -0.4 is 4.74 Å². The minimum absolute atomic E-state index is 0.0229. The number of likely N-dealkylation sites (tertiary alicyclic amines) is 1. The first kappa shape index (κ1) is 15.4. The fraction of sp³-hybridized carbons (Fsp3) is 0.267. The molecule has 0 radical (unpaired) electrons. The smallest absolute Gasteiger partial charge is 0.408 e. The van der Waals surface area contributed by atoms with Crippen molar-refractivity contribution in [3.63, 3.8) is 0 Å². The number of hydrogen-bond acceptors (Lipinski definition) is 4. The van der Waals surface area contributed by atoms with E-state index in [1.165, 1.54) is 0 Å². The van der Waals surface area contributed by atoms with Crippen LogP contribution in [0.25, 0.3) is 10.8 Å². The predicted molar refractivity (Wildman–Crippen MR) is 81.9 cm³/mol. The SMILES string of the molecule is O=C(O)C1CC(Oc2nccc3c(Cl)cccc23)CN1C(=O)O. The third kappa shape index (κ3) is 2.87. The molecule has 7 nitrogen and oxygen atoms in total. The minimum atomic E-state index is -1.28. The van der Waals surface area contributed by atoms with E-state index in [1.54, 1.807) is 30.5 Å². The molecule has 1 aliphatic heterocycles. The van der Waals surface area contributed by atoms with Crippen LogP contribution >= 0.6 is 11.6 Å². The molecule has 8 heteroatoms. The van der Waals surface area contributed by atoms with Crippen molar-refractivity contribution in [1.82, 2.24) is 9.88 Å². The summed E-state index contributed by atoms with van der Waals surface area (Å²) in [6, 6.07) is 5.94. The van der Waals surface area contributed by atoms with Gasteiger partial charge in [0.2, 0.25) is 5.88 Å². The van der Waals surface area contributed by atoms with Crippen LogP contribution in [0.15, 0.2) is 30.5 Å². The molecular weight excluding hydrogens is 324 g/mol. The van der Waals surface area contributed by atoms with Crippen molar-refractivity contribution in [1.29, 1.82) is 0 Å². The second-order valence-corrected chi connectivity index (χ2v) is 5.62. The number of rotatable bonds is 3. The highest BCUT2D eigenvalue weighted by Crippen LogP contribution is 2.31. The molecule has 1 amide bonds. The highest BCUT2D eigenvalue weighted by Gasteiger charge is 2.41. The van der Waals surface area contributed by atoms with Crippen LogP contribution in [0.4, 0.5) is 4.79 Å². The van der Waals surface area contributed by atoms with Crippen molar-refractivity contribution in [2.45, 2.75) is 18.6 Å². The maximum Gasteiger partial charge on any atom is 0.408 e. The lowest BCUT2D eigenvalue weighted by molar-refractivity contribution is -0.141. The van der Waals surface area contributed by atoms with Gasteiger partial charge in [0, 0.05) is 28.4 Å².